The Morgan fingerprint density at radius 3 is 2.57 bits per heavy atom. The van der Waals surface area contributed by atoms with E-state index in [1.54, 1.807) is 12.1 Å². The van der Waals surface area contributed by atoms with E-state index in [0.29, 0.717) is 5.75 Å². The lowest BCUT2D eigenvalue weighted by Gasteiger charge is -2.06. The fourth-order valence-corrected chi connectivity index (χ4v) is 1.67. The van der Waals surface area contributed by atoms with Crippen molar-refractivity contribution in [1.82, 2.24) is 4.98 Å². The number of benzene rings is 1. The predicted octanol–water partition coefficient (Wildman–Crippen LogP) is 3.04. The molecule has 2 rings (SSSR count). The molecule has 0 saturated carbocycles. The van der Waals surface area contributed by atoms with E-state index < -0.39 is 16.6 Å². The van der Waals surface area contributed by atoms with Gasteiger partial charge < -0.3 is 9.84 Å². The van der Waals surface area contributed by atoms with Crippen molar-refractivity contribution in [2.24, 2.45) is 0 Å². The van der Waals surface area contributed by atoms with Gasteiger partial charge in [0.05, 0.1) is 10.5 Å². The SMILES string of the molecule is CCc1ccc(Oc2ncc(C(=O)O)cc2[N+](=O)[O-])cc1. The maximum absolute atomic E-state index is 11.0. The molecular formula is C14H12N2O5. The summed E-state index contributed by atoms with van der Waals surface area (Å²) < 4.78 is 5.36. The molecule has 0 atom stereocenters. The highest BCUT2D eigenvalue weighted by atomic mass is 16.6. The molecule has 7 nitrogen and oxygen atoms in total. The van der Waals surface area contributed by atoms with Crippen LogP contribution in [0.4, 0.5) is 5.69 Å². The van der Waals surface area contributed by atoms with Crippen molar-refractivity contribution >= 4 is 11.7 Å². The van der Waals surface area contributed by atoms with E-state index in [1.807, 2.05) is 19.1 Å². The van der Waals surface area contributed by atoms with E-state index in [1.165, 1.54) is 0 Å². The summed E-state index contributed by atoms with van der Waals surface area (Å²) in [5, 5.41) is 19.8. The van der Waals surface area contributed by atoms with Gasteiger partial charge in [-0.2, -0.15) is 0 Å². The van der Waals surface area contributed by atoms with Crippen LogP contribution in [0.15, 0.2) is 36.5 Å². The first kappa shape index (κ1) is 14.4. The maximum Gasteiger partial charge on any atom is 0.337 e. The Bertz CT molecular complexity index is 682. The Morgan fingerprint density at radius 2 is 2.05 bits per heavy atom. The van der Waals surface area contributed by atoms with E-state index in [-0.39, 0.29) is 11.4 Å². The highest BCUT2D eigenvalue weighted by Gasteiger charge is 2.20. The van der Waals surface area contributed by atoms with Gasteiger partial charge in [0.2, 0.25) is 0 Å². The Kier molecular flexibility index (Phi) is 4.13. The summed E-state index contributed by atoms with van der Waals surface area (Å²) in [6, 6.07) is 7.95. The molecule has 108 valence electrons. The number of rotatable bonds is 5. The van der Waals surface area contributed by atoms with Crippen molar-refractivity contribution in [3.05, 3.63) is 57.8 Å². The van der Waals surface area contributed by atoms with Gasteiger partial charge in [-0.1, -0.05) is 19.1 Å². The minimum atomic E-state index is -1.29. The number of carbonyl (C=O) groups is 1. The van der Waals surface area contributed by atoms with E-state index in [4.69, 9.17) is 9.84 Å². The van der Waals surface area contributed by atoms with Crippen molar-refractivity contribution < 1.29 is 19.6 Å². The van der Waals surface area contributed by atoms with Gasteiger partial charge in [-0.25, -0.2) is 9.78 Å². The molecule has 2 aromatic rings. The van der Waals surface area contributed by atoms with Gasteiger partial charge in [0, 0.05) is 12.3 Å². The van der Waals surface area contributed by atoms with Crippen LogP contribution in [0, 0.1) is 10.1 Å². The molecule has 1 aromatic heterocycles. The van der Waals surface area contributed by atoms with Crippen LogP contribution in [0.25, 0.3) is 0 Å². The lowest BCUT2D eigenvalue weighted by molar-refractivity contribution is -0.386. The van der Waals surface area contributed by atoms with E-state index in [0.717, 1.165) is 24.2 Å². The second kappa shape index (κ2) is 6.00. The number of nitrogens with zero attached hydrogens (tertiary/aromatic N) is 2. The zero-order valence-electron chi connectivity index (χ0n) is 11.1. The number of ether oxygens (including phenoxy) is 1. The molecule has 0 saturated heterocycles. The minimum absolute atomic E-state index is 0.241. The zero-order chi connectivity index (χ0) is 15.4. The summed E-state index contributed by atoms with van der Waals surface area (Å²) in [6.07, 6.45) is 1.89. The normalized spacial score (nSPS) is 10.1. The van der Waals surface area contributed by atoms with Crippen molar-refractivity contribution in [1.29, 1.82) is 0 Å². The standard InChI is InChI=1S/C14H12N2O5/c1-2-9-3-5-11(6-4-9)21-13-12(16(19)20)7-10(8-15-13)14(17)18/h3-8H,2H2,1H3,(H,17,18). The number of hydrogen-bond donors (Lipinski definition) is 1. The van der Waals surface area contributed by atoms with Gasteiger partial charge in [0.1, 0.15) is 5.75 Å². The molecule has 0 aliphatic rings. The fourth-order valence-electron chi connectivity index (χ4n) is 1.67. The molecule has 0 amide bonds. The topological polar surface area (TPSA) is 103 Å². The van der Waals surface area contributed by atoms with Crippen LogP contribution in [0.2, 0.25) is 0 Å². The van der Waals surface area contributed by atoms with Gasteiger partial charge in [-0.05, 0) is 24.1 Å². The Morgan fingerprint density at radius 1 is 1.38 bits per heavy atom. The van der Waals surface area contributed by atoms with E-state index in [2.05, 4.69) is 4.98 Å². The van der Waals surface area contributed by atoms with E-state index >= 15 is 0 Å². The number of aryl methyl sites for hydroxylation is 1. The molecule has 0 fully saturated rings. The molecule has 0 spiro atoms. The summed E-state index contributed by atoms with van der Waals surface area (Å²) in [6.45, 7) is 2.01. The lowest BCUT2D eigenvalue weighted by atomic mass is 10.2. The maximum atomic E-state index is 11.0. The van der Waals surface area contributed by atoms with Gasteiger partial charge >= 0.3 is 11.7 Å². The molecule has 0 unspecified atom stereocenters. The highest BCUT2D eigenvalue weighted by molar-refractivity contribution is 5.88. The van der Waals surface area contributed by atoms with Crippen LogP contribution >= 0.6 is 0 Å². The first-order valence-electron chi connectivity index (χ1n) is 6.15. The van der Waals surface area contributed by atoms with Crippen LogP contribution in [0.5, 0.6) is 11.6 Å². The third-order valence-electron chi connectivity index (χ3n) is 2.82. The van der Waals surface area contributed by atoms with Gasteiger partial charge in [-0.3, -0.25) is 10.1 Å². The summed E-state index contributed by atoms with van der Waals surface area (Å²) in [5.41, 5.74) is 0.343. The average molecular weight is 288 g/mol. The molecule has 0 aliphatic carbocycles. The summed E-state index contributed by atoms with van der Waals surface area (Å²) >= 11 is 0. The van der Waals surface area contributed by atoms with Crippen molar-refractivity contribution in [2.45, 2.75) is 13.3 Å². The van der Waals surface area contributed by atoms with Crippen LogP contribution in [-0.4, -0.2) is 21.0 Å². The second-order valence-electron chi connectivity index (χ2n) is 4.21. The molecule has 0 bridgehead atoms. The Hall–Kier alpha value is -2.96. The number of carboxylic acids is 1. The van der Waals surface area contributed by atoms with E-state index in [9.17, 15) is 14.9 Å². The zero-order valence-corrected chi connectivity index (χ0v) is 11.1. The largest absolute Gasteiger partial charge is 0.478 e. The number of aromatic carboxylic acids is 1. The van der Waals surface area contributed by atoms with Crippen LogP contribution in [-0.2, 0) is 6.42 Å². The Labute approximate surface area is 120 Å². The molecule has 1 N–H and O–H groups in total. The molecule has 21 heavy (non-hydrogen) atoms. The number of pyridine rings is 1. The summed E-state index contributed by atoms with van der Waals surface area (Å²) in [4.78, 5) is 24.8. The second-order valence-corrected chi connectivity index (χ2v) is 4.21. The first-order chi connectivity index (χ1) is 10.0. The van der Waals surface area contributed by atoms with Crippen LogP contribution in [0.1, 0.15) is 22.8 Å². The molecule has 1 aromatic carbocycles. The highest BCUT2D eigenvalue weighted by Crippen LogP contribution is 2.29. The van der Waals surface area contributed by atoms with Gasteiger partial charge in [0.25, 0.3) is 5.88 Å². The third kappa shape index (κ3) is 3.33. The molecule has 0 radical (unpaired) electrons. The lowest BCUT2D eigenvalue weighted by Crippen LogP contribution is -2.02. The number of nitro groups is 1. The fraction of sp³-hybridized carbons (Fsp3) is 0.143. The molecule has 1 heterocycles. The molecule has 0 aliphatic heterocycles. The minimum Gasteiger partial charge on any atom is -0.478 e. The average Bonchev–Trinajstić information content (AvgIpc) is 2.48. The third-order valence-corrected chi connectivity index (χ3v) is 2.82. The first-order valence-corrected chi connectivity index (χ1v) is 6.15. The van der Waals surface area contributed by atoms with Crippen LogP contribution < -0.4 is 4.74 Å². The summed E-state index contributed by atoms with van der Waals surface area (Å²) in [7, 11) is 0. The van der Waals surface area contributed by atoms with Crippen LogP contribution in [0.3, 0.4) is 0 Å². The van der Waals surface area contributed by atoms with Crippen molar-refractivity contribution in [2.75, 3.05) is 0 Å². The Balaban J connectivity index is 2.34. The van der Waals surface area contributed by atoms with Gasteiger partial charge in [-0.15, -0.1) is 0 Å². The van der Waals surface area contributed by atoms with Crippen molar-refractivity contribution in [3.63, 3.8) is 0 Å². The number of hydrogen-bond acceptors (Lipinski definition) is 5. The smallest absolute Gasteiger partial charge is 0.337 e. The quantitative estimate of drug-likeness (QED) is 0.670. The number of aromatic nitrogens is 1. The summed E-state index contributed by atoms with van der Waals surface area (Å²) in [5.74, 6) is -1.13. The van der Waals surface area contributed by atoms with Gasteiger partial charge in [0.15, 0.2) is 0 Å². The molecular weight excluding hydrogens is 276 g/mol. The van der Waals surface area contributed by atoms with Crippen molar-refractivity contribution in [3.8, 4) is 11.6 Å². The number of carboxylic acid groups (broad SMARTS) is 1. The monoisotopic (exact) mass is 288 g/mol. The predicted molar refractivity (Wildman–Crippen MR) is 73.7 cm³/mol. The molecule has 7 heteroatoms.